The van der Waals surface area contributed by atoms with Crippen LogP contribution in [0.3, 0.4) is 0 Å². The highest BCUT2D eigenvalue weighted by atomic mass is 32.2. The Morgan fingerprint density at radius 3 is 2.53 bits per heavy atom. The topological polar surface area (TPSA) is 106 Å². The molecule has 1 aromatic heterocycles. The van der Waals surface area contributed by atoms with E-state index in [1.165, 1.54) is 36.7 Å². The van der Waals surface area contributed by atoms with Crippen molar-refractivity contribution in [3.8, 4) is 5.69 Å². The molecule has 2 aromatic carbocycles. The van der Waals surface area contributed by atoms with Crippen LogP contribution in [0.2, 0.25) is 0 Å². The highest BCUT2D eigenvalue weighted by molar-refractivity contribution is 7.99. The van der Waals surface area contributed by atoms with Crippen LogP contribution in [0.1, 0.15) is 25.1 Å². The normalized spacial score (nSPS) is 13.9. The first kappa shape index (κ1) is 22.0. The summed E-state index contributed by atoms with van der Waals surface area (Å²) in [6, 6.07) is 16.1. The highest BCUT2D eigenvalue weighted by Gasteiger charge is 2.20. The number of hydrogen-bond donors (Lipinski definition) is 1. The van der Waals surface area contributed by atoms with Crippen molar-refractivity contribution in [3.05, 3.63) is 70.5 Å². The first-order valence-corrected chi connectivity index (χ1v) is 11.5. The molecule has 10 heteroatoms. The van der Waals surface area contributed by atoms with Gasteiger partial charge in [-0.25, -0.2) is 0 Å². The molecule has 0 saturated carbocycles. The summed E-state index contributed by atoms with van der Waals surface area (Å²) in [4.78, 5) is 25.4. The molecule has 3 aromatic rings. The number of carbonyl (C=O) groups excluding carboxylic acids is 1. The summed E-state index contributed by atoms with van der Waals surface area (Å²) in [7, 11) is 0. The molecule has 1 aliphatic rings. The maximum Gasteiger partial charge on any atom is 0.292 e. The molecular weight excluding hydrogens is 428 g/mol. The Kier molecular flexibility index (Phi) is 7.13. The fourth-order valence-electron chi connectivity index (χ4n) is 3.66. The van der Waals surface area contributed by atoms with Crippen LogP contribution >= 0.6 is 11.8 Å². The number of rotatable bonds is 9. The van der Waals surface area contributed by atoms with Gasteiger partial charge in [-0.2, -0.15) is 0 Å². The largest absolute Gasteiger partial charge is 0.320 e. The van der Waals surface area contributed by atoms with Crippen molar-refractivity contribution in [1.82, 2.24) is 19.7 Å². The number of amides is 1. The second kappa shape index (κ2) is 10.4. The quantitative estimate of drug-likeness (QED) is 0.298. The van der Waals surface area contributed by atoms with E-state index in [-0.39, 0.29) is 23.7 Å². The molecule has 0 atom stereocenters. The molecule has 9 nitrogen and oxygen atoms in total. The van der Waals surface area contributed by atoms with Crippen LogP contribution in [0.15, 0.2) is 59.8 Å². The van der Waals surface area contributed by atoms with E-state index >= 15 is 0 Å². The van der Waals surface area contributed by atoms with E-state index in [1.807, 2.05) is 34.9 Å². The molecule has 2 heterocycles. The van der Waals surface area contributed by atoms with Crippen molar-refractivity contribution in [2.24, 2.45) is 0 Å². The minimum atomic E-state index is -0.505. The van der Waals surface area contributed by atoms with E-state index in [0.29, 0.717) is 5.75 Å². The molecule has 0 aliphatic carbocycles. The number of nitro groups is 1. The number of hydrogen-bond acceptors (Lipinski definition) is 7. The predicted molar refractivity (Wildman–Crippen MR) is 123 cm³/mol. The second-order valence-electron chi connectivity index (χ2n) is 7.47. The van der Waals surface area contributed by atoms with Gasteiger partial charge in [0.05, 0.1) is 11.5 Å². The van der Waals surface area contributed by atoms with Gasteiger partial charge < -0.3 is 5.32 Å². The summed E-state index contributed by atoms with van der Waals surface area (Å²) in [5.74, 6) is 1.07. The lowest BCUT2D eigenvalue weighted by molar-refractivity contribution is -0.383. The number of aromatic nitrogens is 3. The average Bonchev–Trinajstić information content (AvgIpc) is 3.45. The third kappa shape index (κ3) is 5.32. The lowest BCUT2D eigenvalue weighted by Gasteiger charge is -2.16. The molecule has 166 valence electrons. The van der Waals surface area contributed by atoms with E-state index in [9.17, 15) is 14.9 Å². The predicted octanol–water partition coefficient (Wildman–Crippen LogP) is 3.89. The Morgan fingerprint density at radius 1 is 1.06 bits per heavy atom. The van der Waals surface area contributed by atoms with Crippen molar-refractivity contribution in [2.75, 3.05) is 24.2 Å². The molecule has 0 unspecified atom stereocenters. The molecule has 1 fully saturated rings. The van der Waals surface area contributed by atoms with E-state index in [0.717, 1.165) is 36.3 Å². The van der Waals surface area contributed by atoms with Crippen LogP contribution in [0.4, 0.5) is 11.4 Å². The molecule has 1 saturated heterocycles. The summed E-state index contributed by atoms with van der Waals surface area (Å²) in [5, 5.41) is 23.3. The van der Waals surface area contributed by atoms with E-state index in [1.54, 1.807) is 12.1 Å². The summed E-state index contributed by atoms with van der Waals surface area (Å²) in [6.45, 7) is 2.87. The number of nitro benzene ring substituents is 1. The van der Waals surface area contributed by atoms with Gasteiger partial charge in [0.15, 0.2) is 11.0 Å². The standard InChI is InChI=1S/C22H24N6O3S/c29-21(23-18-10-4-5-11-19(18)28(30)31)12-15-32-22-25-24-20(16-26-13-6-7-14-26)27(22)17-8-2-1-3-9-17/h1-5,8-11H,6-7,12-16H2,(H,23,29). The maximum atomic E-state index is 12.4. The molecular formula is C22H24N6O3S. The lowest BCUT2D eigenvalue weighted by Crippen LogP contribution is -2.21. The molecule has 1 amide bonds. The van der Waals surface area contributed by atoms with Crippen LogP contribution in [-0.4, -0.2) is 49.3 Å². The minimum absolute atomic E-state index is 0.121. The Morgan fingerprint density at radius 2 is 1.78 bits per heavy atom. The number of nitrogens with one attached hydrogen (secondary N) is 1. The van der Waals surface area contributed by atoms with E-state index < -0.39 is 4.92 Å². The average molecular weight is 453 g/mol. The molecule has 32 heavy (non-hydrogen) atoms. The Balaban J connectivity index is 1.42. The monoisotopic (exact) mass is 452 g/mol. The smallest absolute Gasteiger partial charge is 0.292 e. The molecule has 4 rings (SSSR count). The number of para-hydroxylation sites is 3. The van der Waals surface area contributed by atoms with E-state index in [4.69, 9.17) is 0 Å². The summed E-state index contributed by atoms with van der Waals surface area (Å²) in [6.07, 6.45) is 2.60. The van der Waals surface area contributed by atoms with Crippen LogP contribution in [-0.2, 0) is 11.3 Å². The van der Waals surface area contributed by atoms with Crippen LogP contribution in [0.5, 0.6) is 0 Å². The third-order valence-corrected chi connectivity index (χ3v) is 6.14. The molecule has 1 N–H and O–H groups in total. The summed E-state index contributed by atoms with van der Waals surface area (Å²) < 4.78 is 2.04. The van der Waals surface area contributed by atoms with E-state index in [2.05, 4.69) is 20.4 Å². The number of anilines is 1. The van der Waals surface area contributed by atoms with Gasteiger partial charge >= 0.3 is 0 Å². The third-order valence-electron chi connectivity index (χ3n) is 5.21. The van der Waals surface area contributed by atoms with Gasteiger partial charge in [0.2, 0.25) is 5.91 Å². The zero-order valence-electron chi connectivity index (χ0n) is 17.5. The van der Waals surface area contributed by atoms with Gasteiger partial charge in [-0.1, -0.05) is 42.1 Å². The second-order valence-corrected chi connectivity index (χ2v) is 8.54. The molecule has 0 radical (unpaired) electrons. The van der Waals surface area contributed by atoms with Gasteiger partial charge in [-0.05, 0) is 44.1 Å². The van der Waals surface area contributed by atoms with Crippen molar-refractivity contribution < 1.29 is 9.72 Å². The van der Waals surface area contributed by atoms with Gasteiger partial charge in [0, 0.05) is 23.9 Å². The Bertz CT molecular complexity index is 1080. The SMILES string of the molecule is O=C(CCSc1nnc(CN2CCCC2)n1-c1ccccc1)Nc1ccccc1[N+](=O)[O-]. The first-order valence-electron chi connectivity index (χ1n) is 10.5. The number of nitrogens with zero attached hydrogens (tertiary/aromatic N) is 5. The molecule has 0 spiro atoms. The van der Waals surface area contributed by atoms with Gasteiger partial charge in [-0.15, -0.1) is 10.2 Å². The van der Waals surface area contributed by atoms with Crippen LogP contribution in [0, 0.1) is 10.1 Å². The first-order chi connectivity index (χ1) is 15.6. The number of likely N-dealkylation sites (tertiary alicyclic amines) is 1. The van der Waals surface area contributed by atoms with Crippen molar-refractivity contribution >= 4 is 29.0 Å². The number of benzene rings is 2. The summed E-state index contributed by atoms with van der Waals surface area (Å²) in [5.41, 5.74) is 1.07. The lowest BCUT2D eigenvalue weighted by atomic mass is 10.2. The van der Waals surface area contributed by atoms with Crippen molar-refractivity contribution in [3.63, 3.8) is 0 Å². The van der Waals surface area contributed by atoms with Crippen LogP contribution < -0.4 is 5.32 Å². The van der Waals surface area contributed by atoms with Gasteiger partial charge in [-0.3, -0.25) is 24.4 Å². The highest BCUT2D eigenvalue weighted by Crippen LogP contribution is 2.26. The van der Waals surface area contributed by atoms with Crippen LogP contribution in [0.25, 0.3) is 5.69 Å². The minimum Gasteiger partial charge on any atom is -0.320 e. The number of thioether (sulfide) groups is 1. The van der Waals surface area contributed by atoms with Gasteiger partial charge in [0.25, 0.3) is 5.69 Å². The van der Waals surface area contributed by atoms with Crippen molar-refractivity contribution in [1.29, 1.82) is 0 Å². The fraction of sp³-hybridized carbons (Fsp3) is 0.318. The summed E-state index contributed by atoms with van der Waals surface area (Å²) >= 11 is 1.45. The molecule has 0 bridgehead atoms. The zero-order chi connectivity index (χ0) is 22.3. The zero-order valence-corrected chi connectivity index (χ0v) is 18.3. The number of carbonyl (C=O) groups is 1. The maximum absolute atomic E-state index is 12.4. The Labute approximate surface area is 190 Å². The van der Waals surface area contributed by atoms with Crippen molar-refractivity contribution in [2.45, 2.75) is 31.0 Å². The molecule has 1 aliphatic heterocycles. The van der Waals surface area contributed by atoms with Gasteiger partial charge in [0.1, 0.15) is 5.69 Å². The Hall–Kier alpha value is -3.24. The fourth-order valence-corrected chi connectivity index (χ4v) is 4.57.